The summed E-state index contributed by atoms with van der Waals surface area (Å²) < 4.78 is 27.1. The molecule has 24 heavy (non-hydrogen) atoms. The molecule has 0 saturated carbocycles. The molecule has 2 fully saturated rings. The van der Waals surface area contributed by atoms with Crippen LogP contribution in [-0.2, 0) is 14.8 Å². The number of carbonyl (C=O) groups is 1. The number of hydrogen-bond donors (Lipinski definition) is 1. The maximum Gasteiger partial charge on any atom is 0.252 e. The monoisotopic (exact) mass is 371 g/mol. The highest BCUT2D eigenvalue weighted by molar-refractivity contribution is 7.91. The van der Waals surface area contributed by atoms with Crippen molar-refractivity contribution in [3.63, 3.8) is 0 Å². The zero-order valence-corrected chi connectivity index (χ0v) is 15.6. The van der Waals surface area contributed by atoms with E-state index < -0.39 is 10.0 Å². The van der Waals surface area contributed by atoms with Gasteiger partial charge in [0.15, 0.2) is 0 Å². The van der Waals surface area contributed by atoms with Gasteiger partial charge < -0.3 is 10.2 Å². The number of amides is 1. The standard InChI is InChI=1S/C16H25N3O3S2/c1-18-9-6-14(7-10-18)17-16(20)13-4-2-8-19(12-13)24(21,22)15-5-3-11-23-15/h3,5,11,13-14H,2,4,6-10,12H2,1H3,(H,17,20)/t13-/m1/s1. The highest BCUT2D eigenvalue weighted by Crippen LogP contribution is 2.26. The Morgan fingerprint density at radius 1 is 1.25 bits per heavy atom. The molecule has 1 aromatic heterocycles. The molecule has 0 aromatic carbocycles. The van der Waals surface area contributed by atoms with Crippen LogP contribution in [0.4, 0.5) is 0 Å². The SMILES string of the molecule is CN1CCC(NC(=O)[C@@H]2CCCN(S(=O)(=O)c3cccs3)C2)CC1. The quantitative estimate of drug-likeness (QED) is 0.868. The molecule has 1 N–H and O–H groups in total. The Morgan fingerprint density at radius 2 is 2.00 bits per heavy atom. The Bertz CT molecular complexity index is 652. The number of sulfonamides is 1. The molecule has 0 bridgehead atoms. The van der Waals surface area contributed by atoms with Gasteiger partial charge in [-0.15, -0.1) is 11.3 Å². The predicted octanol–water partition coefficient (Wildman–Crippen LogP) is 1.36. The highest BCUT2D eigenvalue weighted by Gasteiger charge is 2.34. The third-order valence-corrected chi connectivity index (χ3v) is 8.15. The summed E-state index contributed by atoms with van der Waals surface area (Å²) in [6.45, 7) is 2.78. The van der Waals surface area contributed by atoms with E-state index in [1.54, 1.807) is 17.5 Å². The van der Waals surface area contributed by atoms with Crippen LogP contribution in [0.15, 0.2) is 21.7 Å². The van der Waals surface area contributed by atoms with E-state index in [1.165, 1.54) is 15.6 Å². The molecule has 0 unspecified atom stereocenters. The Hall–Kier alpha value is -0.960. The number of hydrogen-bond acceptors (Lipinski definition) is 5. The summed E-state index contributed by atoms with van der Waals surface area (Å²) in [6, 6.07) is 3.59. The van der Waals surface area contributed by atoms with E-state index in [9.17, 15) is 13.2 Å². The van der Waals surface area contributed by atoms with Gasteiger partial charge in [0, 0.05) is 19.1 Å². The number of rotatable bonds is 4. The minimum atomic E-state index is -3.46. The van der Waals surface area contributed by atoms with Crippen LogP contribution in [-0.4, -0.2) is 62.8 Å². The number of piperidine rings is 2. The first kappa shape index (κ1) is 17.8. The van der Waals surface area contributed by atoms with Crippen LogP contribution in [0, 0.1) is 5.92 Å². The lowest BCUT2D eigenvalue weighted by atomic mass is 9.97. The van der Waals surface area contributed by atoms with Crippen molar-refractivity contribution in [1.82, 2.24) is 14.5 Å². The average molecular weight is 372 g/mol. The molecule has 6 nitrogen and oxygen atoms in total. The predicted molar refractivity (Wildman–Crippen MR) is 94.5 cm³/mol. The Kier molecular flexibility index (Phi) is 5.59. The molecule has 2 aliphatic heterocycles. The van der Waals surface area contributed by atoms with Gasteiger partial charge in [-0.1, -0.05) is 6.07 Å². The lowest BCUT2D eigenvalue weighted by molar-refractivity contribution is -0.127. The minimum absolute atomic E-state index is 0.00985. The summed E-state index contributed by atoms with van der Waals surface area (Å²) in [4.78, 5) is 14.8. The summed E-state index contributed by atoms with van der Waals surface area (Å²) >= 11 is 1.23. The van der Waals surface area contributed by atoms with E-state index in [2.05, 4.69) is 17.3 Å². The number of carbonyl (C=O) groups excluding carboxylic acids is 1. The molecular weight excluding hydrogens is 346 g/mol. The van der Waals surface area contributed by atoms with Gasteiger partial charge in [0.2, 0.25) is 5.91 Å². The third-order valence-electron chi connectivity index (χ3n) is 4.91. The van der Waals surface area contributed by atoms with Crippen molar-refractivity contribution in [3.8, 4) is 0 Å². The van der Waals surface area contributed by atoms with Gasteiger partial charge in [-0.25, -0.2) is 8.42 Å². The molecule has 1 atom stereocenters. The molecule has 3 heterocycles. The molecule has 0 spiro atoms. The van der Waals surface area contributed by atoms with E-state index in [0.717, 1.165) is 38.8 Å². The zero-order valence-electron chi connectivity index (χ0n) is 14.0. The van der Waals surface area contributed by atoms with Crippen LogP contribution in [0.5, 0.6) is 0 Å². The van der Waals surface area contributed by atoms with Gasteiger partial charge in [0.25, 0.3) is 10.0 Å². The largest absolute Gasteiger partial charge is 0.353 e. The fraction of sp³-hybridized carbons (Fsp3) is 0.688. The van der Waals surface area contributed by atoms with Gasteiger partial charge in [-0.05, 0) is 57.3 Å². The second-order valence-corrected chi connectivity index (χ2v) is 9.83. The van der Waals surface area contributed by atoms with Crippen LogP contribution >= 0.6 is 11.3 Å². The summed E-state index contributed by atoms with van der Waals surface area (Å²) in [5.41, 5.74) is 0. The smallest absolute Gasteiger partial charge is 0.252 e. The van der Waals surface area contributed by atoms with Crippen molar-refractivity contribution in [2.45, 2.75) is 35.9 Å². The second-order valence-electron chi connectivity index (χ2n) is 6.72. The first-order valence-corrected chi connectivity index (χ1v) is 10.8. The molecule has 1 aromatic rings. The fourth-order valence-electron chi connectivity index (χ4n) is 3.38. The van der Waals surface area contributed by atoms with Crippen molar-refractivity contribution in [2.75, 3.05) is 33.2 Å². The topological polar surface area (TPSA) is 69.7 Å². The molecule has 3 rings (SSSR count). The minimum Gasteiger partial charge on any atom is -0.353 e. The van der Waals surface area contributed by atoms with Gasteiger partial charge in [-0.2, -0.15) is 4.31 Å². The molecule has 2 aliphatic rings. The first-order valence-electron chi connectivity index (χ1n) is 8.49. The summed E-state index contributed by atoms with van der Waals surface area (Å²) in [6.07, 6.45) is 3.42. The van der Waals surface area contributed by atoms with Gasteiger partial charge >= 0.3 is 0 Å². The summed E-state index contributed by atoms with van der Waals surface area (Å²) in [5.74, 6) is -0.233. The molecule has 2 saturated heterocycles. The van der Waals surface area contributed by atoms with Gasteiger partial charge in [0.1, 0.15) is 4.21 Å². The van der Waals surface area contributed by atoms with Crippen molar-refractivity contribution < 1.29 is 13.2 Å². The molecule has 8 heteroatoms. The highest BCUT2D eigenvalue weighted by atomic mass is 32.2. The molecule has 0 aliphatic carbocycles. The van der Waals surface area contributed by atoms with E-state index in [-0.39, 0.29) is 17.9 Å². The van der Waals surface area contributed by atoms with Crippen LogP contribution in [0.25, 0.3) is 0 Å². The van der Waals surface area contributed by atoms with Gasteiger partial charge in [0.05, 0.1) is 5.92 Å². The van der Waals surface area contributed by atoms with Crippen molar-refractivity contribution in [2.24, 2.45) is 5.92 Å². The Labute approximate surface area is 147 Å². The van der Waals surface area contributed by atoms with Crippen LogP contribution < -0.4 is 5.32 Å². The lowest BCUT2D eigenvalue weighted by Crippen LogP contribution is -2.49. The van der Waals surface area contributed by atoms with Crippen molar-refractivity contribution in [3.05, 3.63) is 17.5 Å². The van der Waals surface area contributed by atoms with Crippen LogP contribution in [0.2, 0.25) is 0 Å². The molecule has 134 valence electrons. The third kappa shape index (κ3) is 3.99. The molecular formula is C16H25N3O3S2. The van der Waals surface area contributed by atoms with E-state index >= 15 is 0 Å². The Balaban J connectivity index is 1.60. The van der Waals surface area contributed by atoms with Crippen molar-refractivity contribution >= 4 is 27.3 Å². The number of thiophene rings is 1. The zero-order chi connectivity index (χ0) is 17.2. The number of nitrogens with zero attached hydrogens (tertiary/aromatic N) is 2. The van der Waals surface area contributed by atoms with Crippen molar-refractivity contribution in [1.29, 1.82) is 0 Å². The first-order chi connectivity index (χ1) is 11.5. The summed E-state index contributed by atoms with van der Waals surface area (Å²) in [7, 11) is -1.37. The maximum atomic E-state index is 12.6. The van der Waals surface area contributed by atoms with Crippen LogP contribution in [0.3, 0.4) is 0 Å². The van der Waals surface area contributed by atoms with E-state index in [1.807, 2.05) is 0 Å². The lowest BCUT2D eigenvalue weighted by Gasteiger charge is -2.33. The van der Waals surface area contributed by atoms with Crippen LogP contribution in [0.1, 0.15) is 25.7 Å². The van der Waals surface area contributed by atoms with Gasteiger partial charge in [-0.3, -0.25) is 4.79 Å². The van der Waals surface area contributed by atoms with E-state index in [4.69, 9.17) is 0 Å². The van der Waals surface area contributed by atoms with E-state index in [0.29, 0.717) is 17.3 Å². The molecule has 0 radical (unpaired) electrons. The number of likely N-dealkylation sites (tertiary alicyclic amines) is 1. The fourth-order valence-corrected chi connectivity index (χ4v) is 6.05. The summed E-state index contributed by atoms with van der Waals surface area (Å²) in [5, 5.41) is 4.90. The second kappa shape index (κ2) is 7.51. The molecule has 1 amide bonds. The maximum absolute atomic E-state index is 12.6. The Morgan fingerprint density at radius 3 is 2.67 bits per heavy atom. The average Bonchev–Trinajstić information content (AvgIpc) is 3.12. The number of nitrogens with one attached hydrogen (secondary N) is 1. The normalized spacial score (nSPS) is 24.8.